The normalized spacial score (nSPS) is 22.7. The van der Waals surface area contributed by atoms with Crippen LogP contribution < -0.4 is 0 Å². The largest absolute Gasteiger partial charge is 0.490 e. The van der Waals surface area contributed by atoms with Gasteiger partial charge in [0, 0.05) is 32.3 Å². The van der Waals surface area contributed by atoms with Crippen molar-refractivity contribution in [2.24, 2.45) is 0 Å². The average molecular weight is 413 g/mol. The highest BCUT2D eigenvalue weighted by atomic mass is 19.4. The molecule has 1 unspecified atom stereocenters. The van der Waals surface area contributed by atoms with Crippen LogP contribution in [0.2, 0.25) is 0 Å². The van der Waals surface area contributed by atoms with Crippen LogP contribution in [0, 0.1) is 0 Å². The number of carboxylic acids is 1. The number of piperidine rings is 2. The number of carbonyl (C=O) groups excluding carboxylic acids is 1. The van der Waals surface area contributed by atoms with Crippen LogP contribution in [0.25, 0.3) is 0 Å². The van der Waals surface area contributed by atoms with E-state index in [0.29, 0.717) is 18.9 Å². The third kappa shape index (κ3) is 6.28. The van der Waals surface area contributed by atoms with Gasteiger partial charge >= 0.3 is 12.1 Å². The maximum atomic E-state index is 12.4. The van der Waals surface area contributed by atoms with Gasteiger partial charge in [0.05, 0.1) is 11.2 Å². The Balaban J connectivity index is 0.000000370. The van der Waals surface area contributed by atoms with Crippen molar-refractivity contribution in [3.63, 3.8) is 0 Å². The van der Waals surface area contributed by atoms with Crippen LogP contribution in [0.4, 0.5) is 13.2 Å². The molecule has 0 aliphatic carbocycles. The summed E-state index contributed by atoms with van der Waals surface area (Å²) in [6, 6.07) is 6.07. The molecule has 0 bridgehead atoms. The molecule has 1 spiro atoms. The highest BCUT2D eigenvalue weighted by molar-refractivity contribution is 5.78. The predicted molar refractivity (Wildman–Crippen MR) is 101 cm³/mol. The predicted octanol–water partition coefficient (Wildman–Crippen LogP) is 3.25. The number of rotatable bonds is 4. The number of amides is 1. The number of hydrogen-bond donors (Lipinski definition) is 1. The van der Waals surface area contributed by atoms with Gasteiger partial charge in [0.15, 0.2) is 0 Å². The van der Waals surface area contributed by atoms with Crippen LogP contribution in [0.3, 0.4) is 0 Å². The number of alkyl halides is 3. The molecule has 1 amide bonds. The summed E-state index contributed by atoms with van der Waals surface area (Å²) in [5.74, 6) is -2.46. The molecule has 1 atom stereocenters. The molecule has 2 saturated heterocycles. The van der Waals surface area contributed by atoms with Crippen molar-refractivity contribution in [1.82, 2.24) is 14.8 Å². The van der Waals surface area contributed by atoms with E-state index in [1.165, 1.54) is 0 Å². The summed E-state index contributed by atoms with van der Waals surface area (Å²) in [4.78, 5) is 30.3. The molecular formula is C20H26F3N3O3. The maximum absolute atomic E-state index is 12.4. The van der Waals surface area contributed by atoms with E-state index in [9.17, 15) is 18.0 Å². The summed E-state index contributed by atoms with van der Waals surface area (Å²) in [7, 11) is 0. The number of nitrogens with zero attached hydrogens (tertiary/aromatic N) is 3. The zero-order valence-corrected chi connectivity index (χ0v) is 16.2. The van der Waals surface area contributed by atoms with Gasteiger partial charge in [-0.15, -0.1) is 6.58 Å². The number of pyridine rings is 1. The fourth-order valence-corrected chi connectivity index (χ4v) is 4.01. The molecule has 0 aromatic carbocycles. The zero-order valence-electron chi connectivity index (χ0n) is 16.2. The maximum Gasteiger partial charge on any atom is 0.490 e. The number of carboxylic acid groups (broad SMARTS) is 1. The minimum absolute atomic E-state index is 0.0105. The Hall–Kier alpha value is -2.42. The fraction of sp³-hybridized carbons (Fsp3) is 0.550. The average Bonchev–Trinajstić information content (AvgIpc) is 2.66. The summed E-state index contributed by atoms with van der Waals surface area (Å²) in [6.07, 6.45) is 3.72. The smallest absolute Gasteiger partial charge is 0.475 e. The second-order valence-electron chi connectivity index (χ2n) is 7.31. The van der Waals surface area contributed by atoms with E-state index in [1.54, 1.807) is 0 Å². The van der Waals surface area contributed by atoms with Crippen molar-refractivity contribution in [2.45, 2.75) is 50.4 Å². The summed E-state index contributed by atoms with van der Waals surface area (Å²) in [6.45, 7) is 7.44. The molecule has 29 heavy (non-hydrogen) atoms. The van der Waals surface area contributed by atoms with Gasteiger partial charge in [0.1, 0.15) is 0 Å². The Morgan fingerprint density at radius 2 is 2.00 bits per heavy atom. The number of aromatic nitrogens is 1. The van der Waals surface area contributed by atoms with E-state index in [0.717, 1.165) is 51.0 Å². The van der Waals surface area contributed by atoms with Crippen LogP contribution in [0.1, 0.15) is 37.8 Å². The minimum atomic E-state index is -5.08. The van der Waals surface area contributed by atoms with Crippen molar-refractivity contribution >= 4 is 11.9 Å². The highest BCUT2D eigenvalue weighted by Crippen LogP contribution is 2.37. The van der Waals surface area contributed by atoms with Gasteiger partial charge in [0.2, 0.25) is 5.91 Å². The van der Waals surface area contributed by atoms with Crippen molar-refractivity contribution in [3.05, 3.63) is 42.7 Å². The second-order valence-corrected chi connectivity index (χ2v) is 7.31. The first kappa shape index (κ1) is 22.9. The van der Waals surface area contributed by atoms with Crippen LogP contribution in [-0.4, -0.2) is 63.1 Å². The van der Waals surface area contributed by atoms with Gasteiger partial charge in [0.25, 0.3) is 0 Å². The highest BCUT2D eigenvalue weighted by Gasteiger charge is 2.44. The molecule has 1 aromatic rings. The number of likely N-dealkylation sites (tertiary alicyclic amines) is 2. The van der Waals surface area contributed by atoms with Crippen molar-refractivity contribution in [2.75, 3.05) is 19.6 Å². The summed E-state index contributed by atoms with van der Waals surface area (Å²) < 4.78 is 31.7. The lowest BCUT2D eigenvalue weighted by Gasteiger charge is -2.52. The van der Waals surface area contributed by atoms with Crippen molar-refractivity contribution in [3.8, 4) is 0 Å². The first-order valence-electron chi connectivity index (χ1n) is 9.52. The van der Waals surface area contributed by atoms with Crippen molar-refractivity contribution < 1.29 is 27.9 Å². The molecule has 1 N–H and O–H groups in total. The Bertz CT molecular complexity index is 708. The van der Waals surface area contributed by atoms with E-state index in [2.05, 4.69) is 27.4 Å². The molecule has 3 rings (SSSR count). The first-order valence-corrected chi connectivity index (χ1v) is 9.52. The lowest BCUT2D eigenvalue weighted by molar-refractivity contribution is -0.192. The third-order valence-electron chi connectivity index (χ3n) is 5.21. The molecule has 2 fully saturated rings. The van der Waals surface area contributed by atoms with Crippen LogP contribution in [0.5, 0.6) is 0 Å². The van der Waals surface area contributed by atoms with E-state index in [-0.39, 0.29) is 5.54 Å². The van der Waals surface area contributed by atoms with E-state index in [4.69, 9.17) is 9.90 Å². The summed E-state index contributed by atoms with van der Waals surface area (Å²) >= 11 is 0. The number of halogens is 3. The number of carbonyl (C=O) groups is 2. The second kappa shape index (κ2) is 9.87. The standard InChI is InChI=1S/C18H25N3O.C2HF3O2/c1-2-12-21-17(22)8-5-9-18(21)10-6-13-20(15-18)14-16-7-3-4-11-19-16;3-2(4,5)1(6)7/h2-4,7,11H,1,5-6,8-10,12-15H2;(H,6,7). The Morgan fingerprint density at radius 1 is 1.31 bits per heavy atom. The quantitative estimate of drug-likeness (QED) is 0.767. The molecule has 0 saturated carbocycles. The molecule has 0 radical (unpaired) electrons. The third-order valence-corrected chi connectivity index (χ3v) is 5.21. The first-order chi connectivity index (χ1) is 13.7. The van der Waals surface area contributed by atoms with Crippen LogP contribution in [0.15, 0.2) is 37.1 Å². The van der Waals surface area contributed by atoms with E-state index in [1.807, 2.05) is 24.4 Å². The van der Waals surface area contributed by atoms with Crippen LogP contribution in [-0.2, 0) is 16.1 Å². The molecule has 6 nitrogen and oxygen atoms in total. The van der Waals surface area contributed by atoms with Crippen molar-refractivity contribution in [1.29, 1.82) is 0 Å². The topological polar surface area (TPSA) is 73.7 Å². The monoisotopic (exact) mass is 413 g/mol. The summed E-state index contributed by atoms with van der Waals surface area (Å²) in [5.41, 5.74) is 1.12. The van der Waals surface area contributed by atoms with Gasteiger partial charge in [-0.1, -0.05) is 12.1 Å². The molecule has 1 aromatic heterocycles. The molecule has 160 valence electrons. The molecular weight excluding hydrogens is 387 g/mol. The summed E-state index contributed by atoms with van der Waals surface area (Å²) in [5, 5.41) is 7.12. The molecule has 3 heterocycles. The number of hydrogen-bond acceptors (Lipinski definition) is 4. The Morgan fingerprint density at radius 3 is 2.59 bits per heavy atom. The van der Waals surface area contributed by atoms with Gasteiger partial charge in [-0.2, -0.15) is 13.2 Å². The van der Waals surface area contributed by atoms with E-state index >= 15 is 0 Å². The fourth-order valence-electron chi connectivity index (χ4n) is 4.01. The molecule has 9 heteroatoms. The van der Waals surface area contributed by atoms with Crippen LogP contribution >= 0.6 is 0 Å². The minimum Gasteiger partial charge on any atom is -0.475 e. The number of aliphatic carboxylic acids is 1. The Labute approximate surface area is 168 Å². The van der Waals surface area contributed by atoms with Gasteiger partial charge < -0.3 is 10.0 Å². The molecule has 2 aliphatic rings. The van der Waals surface area contributed by atoms with E-state index < -0.39 is 12.1 Å². The lowest BCUT2D eigenvalue weighted by Crippen LogP contribution is -2.62. The SMILES string of the molecule is C=CCN1C(=O)CCCC12CCCN(Cc1ccccn1)C2.O=C(O)C(F)(F)F. The van der Waals surface area contributed by atoms with Gasteiger partial charge in [-0.25, -0.2) is 4.79 Å². The lowest BCUT2D eigenvalue weighted by atomic mass is 9.79. The van der Waals surface area contributed by atoms with Gasteiger partial charge in [-0.05, 0) is 44.4 Å². The molecule has 2 aliphatic heterocycles. The zero-order chi connectivity index (χ0) is 21.5. The van der Waals surface area contributed by atoms with Gasteiger partial charge in [-0.3, -0.25) is 14.7 Å². The Kier molecular flexibility index (Phi) is 7.78.